The molecule has 8 heteroatoms. The van der Waals surface area contributed by atoms with Gasteiger partial charge in [0.2, 0.25) is 5.91 Å². The molecule has 2 heterocycles. The molecule has 7 nitrogen and oxygen atoms in total. The van der Waals surface area contributed by atoms with Crippen LogP contribution in [0.2, 0.25) is 0 Å². The van der Waals surface area contributed by atoms with Crippen molar-refractivity contribution in [2.75, 3.05) is 25.5 Å². The Morgan fingerprint density at radius 3 is 2.73 bits per heavy atom. The van der Waals surface area contributed by atoms with Crippen molar-refractivity contribution in [2.45, 2.75) is 12.8 Å². The van der Waals surface area contributed by atoms with Crippen molar-refractivity contribution >= 4 is 29.2 Å². The highest BCUT2D eigenvalue weighted by molar-refractivity contribution is 6.99. The standard InChI is InChI=1S/C22H22N4O3S/c1-29-19-6-2-4-16(12-19)15-7-9-18(10-8-15)24-21(27)17-5-3-11-26(14-17)22(28)20-13-23-30-25-20/h2,4,6-10,12-13,17H,3,5,11,14H2,1H3,(H,24,27)/t17-/m0/s1. The Labute approximate surface area is 179 Å². The second-order valence-corrected chi connectivity index (χ2v) is 7.74. The van der Waals surface area contributed by atoms with Crippen LogP contribution in [0.3, 0.4) is 0 Å². The van der Waals surface area contributed by atoms with Crippen molar-refractivity contribution in [2.24, 2.45) is 5.92 Å². The lowest BCUT2D eigenvalue weighted by Gasteiger charge is -2.31. The molecule has 1 aromatic heterocycles. The van der Waals surface area contributed by atoms with Crippen LogP contribution >= 0.6 is 11.7 Å². The molecule has 0 unspecified atom stereocenters. The zero-order chi connectivity index (χ0) is 20.9. The van der Waals surface area contributed by atoms with Gasteiger partial charge in [-0.05, 0) is 48.2 Å². The number of carbonyl (C=O) groups is 2. The minimum absolute atomic E-state index is 0.0713. The van der Waals surface area contributed by atoms with Crippen molar-refractivity contribution in [1.82, 2.24) is 13.6 Å². The molecule has 154 valence electrons. The number of rotatable bonds is 5. The van der Waals surface area contributed by atoms with E-state index in [0.717, 1.165) is 47.1 Å². The van der Waals surface area contributed by atoms with Gasteiger partial charge in [0.25, 0.3) is 5.91 Å². The molecule has 1 fully saturated rings. The summed E-state index contributed by atoms with van der Waals surface area (Å²) in [4.78, 5) is 27.0. The number of anilines is 1. The Morgan fingerprint density at radius 1 is 1.17 bits per heavy atom. The van der Waals surface area contributed by atoms with Crippen LogP contribution in [0.1, 0.15) is 23.3 Å². The molecule has 1 N–H and O–H groups in total. The Hall–Kier alpha value is -3.26. The van der Waals surface area contributed by atoms with Crippen molar-refractivity contribution in [1.29, 1.82) is 0 Å². The van der Waals surface area contributed by atoms with Crippen molar-refractivity contribution in [3.05, 3.63) is 60.4 Å². The van der Waals surface area contributed by atoms with Crippen LogP contribution in [0.4, 0.5) is 5.69 Å². The summed E-state index contributed by atoms with van der Waals surface area (Å²) in [6.07, 6.45) is 3.02. The molecule has 0 aliphatic carbocycles. The maximum absolute atomic E-state index is 12.8. The molecule has 0 bridgehead atoms. The SMILES string of the molecule is COc1cccc(-c2ccc(NC(=O)[C@H]3CCCN(C(=O)c4cnsn4)C3)cc2)c1. The summed E-state index contributed by atoms with van der Waals surface area (Å²) in [6.45, 7) is 1.03. The van der Waals surface area contributed by atoms with Gasteiger partial charge in [0.05, 0.1) is 31.0 Å². The fourth-order valence-electron chi connectivity index (χ4n) is 3.59. The Morgan fingerprint density at radius 2 is 2.00 bits per heavy atom. The predicted molar refractivity (Wildman–Crippen MR) is 116 cm³/mol. The van der Waals surface area contributed by atoms with Crippen LogP contribution in [0.25, 0.3) is 11.1 Å². The van der Waals surface area contributed by atoms with E-state index in [1.807, 2.05) is 48.5 Å². The molecule has 0 radical (unpaired) electrons. The van der Waals surface area contributed by atoms with Crippen molar-refractivity contribution < 1.29 is 14.3 Å². The van der Waals surface area contributed by atoms with Gasteiger partial charge in [-0.2, -0.15) is 8.75 Å². The Balaban J connectivity index is 1.39. The zero-order valence-corrected chi connectivity index (χ0v) is 17.4. The summed E-state index contributed by atoms with van der Waals surface area (Å²) in [5.74, 6) is 0.323. The normalized spacial score (nSPS) is 16.2. The highest BCUT2D eigenvalue weighted by atomic mass is 32.1. The molecule has 3 aromatic rings. The summed E-state index contributed by atoms with van der Waals surface area (Å²) in [5.41, 5.74) is 3.16. The molecule has 1 aliphatic heterocycles. The number of hydrogen-bond donors (Lipinski definition) is 1. The molecule has 30 heavy (non-hydrogen) atoms. The number of nitrogens with one attached hydrogen (secondary N) is 1. The number of aromatic nitrogens is 2. The number of amides is 2. The van der Waals surface area contributed by atoms with E-state index in [9.17, 15) is 9.59 Å². The van der Waals surface area contributed by atoms with E-state index in [2.05, 4.69) is 14.1 Å². The summed E-state index contributed by atoms with van der Waals surface area (Å²) >= 11 is 1.01. The molecule has 0 saturated carbocycles. The number of likely N-dealkylation sites (tertiary alicyclic amines) is 1. The molecular weight excluding hydrogens is 400 g/mol. The van der Waals surface area contributed by atoms with E-state index in [1.165, 1.54) is 6.20 Å². The average Bonchev–Trinajstić information content (AvgIpc) is 3.34. The third-order valence-corrected chi connectivity index (χ3v) is 5.69. The minimum Gasteiger partial charge on any atom is -0.497 e. The lowest BCUT2D eigenvalue weighted by Crippen LogP contribution is -2.43. The number of carbonyl (C=O) groups excluding carboxylic acids is 2. The zero-order valence-electron chi connectivity index (χ0n) is 16.6. The molecule has 2 amide bonds. The van der Waals surface area contributed by atoms with Gasteiger partial charge in [0.15, 0.2) is 5.69 Å². The van der Waals surface area contributed by atoms with Gasteiger partial charge < -0.3 is 15.0 Å². The first-order valence-corrected chi connectivity index (χ1v) is 10.5. The summed E-state index contributed by atoms with van der Waals surface area (Å²) in [6, 6.07) is 15.6. The summed E-state index contributed by atoms with van der Waals surface area (Å²) < 4.78 is 13.2. The van der Waals surface area contributed by atoms with Gasteiger partial charge in [0.1, 0.15) is 5.75 Å². The fourth-order valence-corrected chi connectivity index (χ4v) is 4.00. The van der Waals surface area contributed by atoms with Crippen molar-refractivity contribution in [3.8, 4) is 16.9 Å². The van der Waals surface area contributed by atoms with Gasteiger partial charge in [-0.3, -0.25) is 9.59 Å². The van der Waals surface area contributed by atoms with Crippen LogP contribution in [-0.4, -0.2) is 45.7 Å². The third-order valence-electron chi connectivity index (χ3n) is 5.22. The fraction of sp³-hybridized carbons (Fsp3) is 0.273. The Bertz CT molecular complexity index is 1020. The van der Waals surface area contributed by atoms with E-state index < -0.39 is 0 Å². The predicted octanol–water partition coefficient (Wildman–Crippen LogP) is 3.70. The molecule has 0 spiro atoms. The van der Waals surface area contributed by atoms with Gasteiger partial charge in [-0.25, -0.2) is 0 Å². The first-order chi connectivity index (χ1) is 14.6. The van der Waals surface area contributed by atoms with Crippen LogP contribution in [0.15, 0.2) is 54.7 Å². The van der Waals surface area contributed by atoms with Crippen LogP contribution in [-0.2, 0) is 4.79 Å². The second kappa shape index (κ2) is 9.04. The number of nitrogens with zero attached hydrogens (tertiary/aromatic N) is 3. The number of benzene rings is 2. The molecular formula is C22H22N4O3S. The van der Waals surface area contributed by atoms with E-state index >= 15 is 0 Å². The first-order valence-electron chi connectivity index (χ1n) is 9.76. The lowest BCUT2D eigenvalue weighted by molar-refractivity contribution is -0.121. The monoisotopic (exact) mass is 422 g/mol. The first kappa shape index (κ1) is 20.0. The van der Waals surface area contributed by atoms with Crippen LogP contribution in [0.5, 0.6) is 5.75 Å². The van der Waals surface area contributed by atoms with E-state index in [1.54, 1.807) is 12.0 Å². The highest BCUT2D eigenvalue weighted by Crippen LogP contribution is 2.26. The molecule has 2 aromatic carbocycles. The number of ether oxygens (including phenoxy) is 1. The van der Waals surface area contributed by atoms with Crippen molar-refractivity contribution in [3.63, 3.8) is 0 Å². The second-order valence-electron chi connectivity index (χ2n) is 7.18. The van der Waals surface area contributed by atoms with E-state index in [4.69, 9.17) is 4.74 Å². The van der Waals surface area contributed by atoms with Crippen LogP contribution < -0.4 is 10.1 Å². The van der Waals surface area contributed by atoms with E-state index in [0.29, 0.717) is 18.8 Å². The largest absolute Gasteiger partial charge is 0.497 e. The van der Waals surface area contributed by atoms with Gasteiger partial charge >= 0.3 is 0 Å². The van der Waals surface area contributed by atoms with E-state index in [-0.39, 0.29) is 17.7 Å². The summed E-state index contributed by atoms with van der Waals surface area (Å²) in [7, 11) is 1.64. The highest BCUT2D eigenvalue weighted by Gasteiger charge is 2.29. The smallest absolute Gasteiger partial charge is 0.275 e. The number of methoxy groups -OCH3 is 1. The lowest BCUT2D eigenvalue weighted by atomic mass is 9.96. The number of hydrogen-bond acceptors (Lipinski definition) is 6. The molecule has 1 atom stereocenters. The topological polar surface area (TPSA) is 84.4 Å². The minimum atomic E-state index is -0.243. The summed E-state index contributed by atoms with van der Waals surface area (Å²) in [5, 5.41) is 2.98. The van der Waals surface area contributed by atoms with Crippen LogP contribution in [0, 0.1) is 5.92 Å². The molecule has 1 aliphatic rings. The van der Waals surface area contributed by atoms with Gasteiger partial charge in [-0.1, -0.05) is 24.3 Å². The molecule has 1 saturated heterocycles. The van der Waals surface area contributed by atoms with Gasteiger partial charge in [-0.15, -0.1) is 0 Å². The number of piperidine rings is 1. The Kier molecular flexibility index (Phi) is 6.04. The van der Waals surface area contributed by atoms with Gasteiger partial charge in [0, 0.05) is 18.8 Å². The maximum atomic E-state index is 12.8. The average molecular weight is 423 g/mol. The third kappa shape index (κ3) is 4.49. The maximum Gasteiger partial charge on any atom is 0.275 e. The quantitative estimate of drug-likeness (QED) is 0.678. The molecule has 4 rings (SSSR count).